The molecule has 0 spiro atoms. The van der Waals surface area contributed by atoms with Crippen LogP contribution in [-0.4, -0.2) is 40.7 Å². The molecule has 0 radical (unpaired) electrons. The van der Waals surface area contributed by atoms with E-state index in [-0.39, 0.29) is 13.2 Å². The summed E-state index contributed by atoms with van der Waals surface area (Å²) in [4.78, 5) is 11.4. The molecule has 0 bridgehead atoms. The van der Waals surface area contributed by atoms with Gasteiger partial charge in [0.2, 0.25) is 0 Å². The number of halogens is 2. The number of carbonyl (C=O) groups is 1. The molecule has 0 aliphatic rings. The number of nitrogens with one attached hydrogen (secondary N) is 1. The molecule has 3 unspecified atom stereocenters. The van der Waals surface area contributed by atoms with Gasteiger partial charge in [0.25, 0.3) is 0 Å². The van der Waals surface area contributed by atoms with E-state index in [4.69, 9.17) is 27.9 Å². The van der Waals surface area contributed by atoms with Crippen LogP contribution >= 0.6 is 23.2 Å². The second kappa shape index (κ2) is 9.75. The van der Waals surface area contributed by atoms with Crippen molar-refractivity contribution in [1.29, 1.82) is 0 Å². The summed E-state index contributed by atoms with van der Waals surface area (Å²) in [5, 5.41) is 32.8. The van der Waals surface area contributed by atoms with Gasteiger partial charge in [-0.1, -0.05) is 47.5 Å². The predicted molar refractivity (Wildman–Crippen MR) is 98.5 cm³/mol. The molecule has 0 amide bonds. The fraction of sp³-hybridized carbons (Fsp3) is 0.278. The van der Waals surface area contributed by atoms with Gasteiger partial charge < -0.3 is 20.1 Å². The van der Waals surface area contributed by atoms with Crippen molar-refractivity contribution in [2.24, 2.45) is 5.92 Å². The SMILES string of the molecule is O=C(O)C(COc1ccccc1)C(O)NCC(O)c1ccc(Cl)c(Cl)c1. The average molecular weight is 400 g/mol. The van der Waals surface area contributed by atoms with E-state index in [2.05, 4.69) is 5.32 Å². The number of carboxylic acid groups (broad SMARTS) is 1. The molecule has 0 aliphatic carbocycles. The average Bonchev–Trinajstić information content (AvgIpc) is 2.62. The van der Waals surface area contributed by atoms with Crippen LogP contribution < -0.4 is 10.1 Å². The predicted octanol–water partition coefficient (Wildman–Crippen LogP) is 2.71. The molecular formula is C18H19Cl2NO5. The smallest absolute Gasteiger partial charge is 0.314 e. The molecule has 8 heteroatoms. The van der Waals surface area contributed by atoms with E-state index in [1.165, 1.54) is 6.07 Å². The molecule has 3 atom stereocenters. The lowest BCUT2D eigenvalue weighted by atomic mass is 10.1. The zero-order valence-electron chi connectivity index (χ0n) is 13.7. The topological polar surface area (TPSA) is 99.0 Å². The quantitative estimate of drug-likeness (QED) is 0.483. The van der Waals surface area contributed by atoms with Crippen LogP contribution in [-0.2, 0) is 4.79 Å². The molecule has 140 valence electrons. The van der Waals surface area contributed by atoms with Gasteiger partial charge in [-0.3, -0.25) is 10.1 Å². The van der Waals surface area contributed by atoms with Gasteiger partial charge in [0.1, 0.15) is 24.5 Å². The third-order valence-corrected chi connectivity index (χ3v) is 4.46. The molecule has 2 aromatic carbocycles. The Morgan fingerprint density at radius 2 is 1.77 bits per heavy atom. The van der Waals surface area contributed by atoms with Crippen molar-refractivity contribution >= 4 is 29.2 Å². The van der Waals surface area contributed by atoms with Crippen molar-refractivity contribution in [2.45, 2.75) is 12.3 Å². The maximum atomic E-state index is 11.4. The number of carboxylic acids is 1. The Morgan fingerprint density at radius 1 is 1.08 bits per heavy atom. The van der Waals surface area contributed by atoms with Crippen molar-refractivity contribution in [3.05, 3.63) is 64.1 Å². The van der Waals surface area contributed by atoms with E-state index in [0.717, 1.165) is 0 Å². The Labute approximate surface area is 160 Å². The lowest BCUT2D eigenvalue weighted by molar-refractivity contribution is -0.148. The molecule has 26 heavy (non-hydrogen) atoms. The Hall–Kier alpha value is -1.83. The molecule has 0 saturated carbocycles. The van der Waals surface area contributed by atoms with Crippen molar-refractivity contribution < 1.29 is 24.9 Å². The van der Waals surface area contributed by atoms with Gasteiger partial charge in [-0.15, -0.1) is 0 Å². The van der Waals surface area contributed by atoms with Gasteiger partial charge in [-0.2, -0.15) is 0 Å². The number of ether oxygens (including phenoxy) is 1. The molecule has 4 N–H and O–H groups in total. The van der Waals surface area contributed by atoms with Crippen LogP contribution in [0, 0.1) is 5.92 Å². The molecule has 0 aliphatic heterocycles. The standard InChI is InChI=1S/C18H19Cl2NO5/c19-14-7-6-11(8-15(14)20)16(22)9-21-17(23)13(18(24)25)10-26-12-4-2-1-3-5-12/h1-8,13,16-17,21-23H,9-10H2,(H,24,25). The van der Waals surface area contributed by atoms with Crippen LogP contribution in [0.15, 0.2) is 48.5 Å². The van der Waals surface area contributed by atoms with Gasteiger partial charge >= 0.3 is 5.97 Å². The van der Waals surface area contributed by atoms with Crippen LogP contribution in [0.4, 0.5) is 0 Å². The summed E-state index contributed by atoms with van der Waals surface area (Å²) in [6.45, 7) is -0.301. The maximum absolute atomic E-state index is 11.4. The fourth-order valence-corrected chi connectivity index (χ4v) is 2.52. The summed E-state index contributed by atoms with van der Waals surface area (Å²) in [6, 6.07) is 13.4. The summed E-state index contributed by atoms with van der Waals surface area (Å²) in [5.74, 6) is -1.93. The molecule has 0 saturated heterocycles. The number of aliphatic carboxylic acids is 1. The van der Waals surface area contributed by atoms with Crippen LogP contribution in [0.5, 0.6) is 5.75 Å². The minimum atomic E-state index is -1.41. The molecule has 6 nitrogen and oxygen atoms in total. The Morgan fingerprint density at radius 3 is 2.38 bits per heavy atom. The summed E-state index contributed by atoms with van der Waals surface area (Å²) in [5.41, 5.74) is 0.492. The highest BCUT2D eigenvalue weighted by Gasteiger charge is 2.28. The first-order valence-electron chi connectivity index (χ1n) is 7.83. The van der Waals surface area contributed by atoms with E-state index in [1.807, 2.05) is 6.07 Å². The Balaban J connectivity index is 1.91. The third kappa shape index (κ3) is 5.86. The van der Waals surface area contributed by atoms with E-state index < -0.39 is 24.2 Å². The maximum Gasteiger partial charge on any atom is 0.314 e. The van der Waals surface area contributed by atoms with Crippen molar-refractivity contribution in [3.8, 4) is 5.75 Å². The van der Waals surface area contributed by atoms with E-state index in [9.17, 15) is 20.1 Å². The minimum Gasteiger partial charge on any atom is -0.493 e. The second-order valence-corrected chi connectivity index (χ2v) is 6.43. The van der Waals surface area contributed by atoms with Gasteiger partial charge in [0, 0.05) is 6.54 Å². The highest BCUT2D eigenvalue weighted by atomic mass is 35.5. The first-order valence-corrected chi connectivity index (χ1v) is 8.59. The Bertz CT molecular complexity index is 729. The lowest BCUT2D eigenvalue weighted by Crippen LogP contribution is -2.44. The summed E-state index contributed by atoms with van der Waals surface area (Å²) < 4.78 is 5.40. The largest absolute Gasteiger partial charge is 0.493 e. The zero-order valence-corrected chi connectivity index (χ0v) is 15.2. The first-order chi connectivity index (χ1) is 12.4. The molecule has 0 aromatic heterocycles. The molecule has 2 aromatic rings. The lowest BCUT2D eigenvalue weighted by Gasteiger charge is -2.22. The highest BCUT2D eigenvalue weighted by molar-refractivity contribution is 6.42. The van der Waals surface area contributed by atoms with E-state index >= 15 is 0 Å². The molecule has 0 fully saturated rings. The number of hydrogen-bond donors (Lipinski definition) is 4. The van der Waals surface area contributed by atoms with Gasteiger partial charge in [0.15, 0.2) is 0 Å². The van der Waals surface area contributed by atoms with Crippen molar-refractivity contribution in [3.63, 3.8) is 0 Å². The number of para-hydroxylation sites is 1. The molecule has 2 rings (SSSR count). The fourth-order valence-electron chi connectivity index (χ4n) is 2.21. The number of aliphatic hydroxyl groups is 2. The van der Waals surface area contributed by atoms with Gasteiger partial charge in [-0.25, -0.2) is 0 Å². The van der Waals surface area contributed by atoms with Crippen molar-refractivity contribution in [1.82, 2.24) is 5.32 Å². The summed E-state index contributed by atoms with van der Waals surface area (Å²) in [6.07, 6.45) is -2.41. The zero-order chi connectivity index (χ0) is 19.1. The number of aliphatic hydroxyl groups excluding tert-OH is 2. The molecule has 0 heterocycles. The van der Waals surface area contributed by atoms with Crippen LogP contribution in [0.25, 0.3) is 0 Å². The van der Waals surface area contributed by atoms with Gasteiger partial charge in [0.05, 0.1) is 16.1 Å². The molecular weight excluding hydrogens is 381 g/mol. The second-order valence-electron chi connectivity index (χ2n) is 5.61. The third-order valence-electron chi connectivity index (χ3n) is 3.72. The van der Waals surface area contributed by atoms with Crippen LogP contribution in [0.1, 0.15) is 11.7 Å². The van der Waals surface area contributed by atoms with Crippen LogP contribution in [0.2, 0.25) is 10.0 Å². The minimum absolute atomic E-state index is 0.0752. The van der Waals surface area contributed by atoms with Crippen molar-refractivity contribution in [2.75, 3.05) is 13.2 Å². The first kappa shape index (κ1) is 20.5. The van der Waals surface area contributed by atoms with Crippen LogP contribution in [0.3, 0.4) is 0 Å². The summed E-state index contributed by atoms with van der Waals surface area (Å²) >= 11 is 11.7. The van der Waals surface area contributed by atoms with E-state index in [0.29, 0.717) is 21.4 Å². The highest BCUT2D eigenvalue weighted by Crippen LogP contribution is 2.25. The van der Waals surface area contributed by atoms with E-state index in [1.54, 1.807) is 36.4 Å². The Kier molecular flexibility index (Phi) is 7.68. The number of hydrogen-bond acceptors (Lipinski definition) is 5. The number of rotatable bonds is 9. The monoisotopic (exact) mass is 399 g/mol. The number of benzene rings is 2. The summed E-state index contributed by atoms with van der Waals surface area (Å²) in [7, 11) is 0. The normalized spacial score (nSPS) is 14.5. The van der Waals surface area contributed by atoms with Gasteiger partial charge in [-0.05, 0) is 29.8 Å².